The minimum Gasteiger partial charge on any atom is -0.339 e. The first kappa shape index (κ1) is 20.3. The zero-order valence-electron chi connectivity index (χ0n) is 17.4. The van der Waals surface area contributed by atoms with Gasteiger partial charge in [0, 0.05) is 61.8 Å². The average Bonchev–Trinajstić information content (AvgIpc) is 3.09. The summed E-state index contributed by atoms with van der Waals surface area (Å²) in [5.41, 5.74) is 9.37. The highest BCUT2D eigenvalue weighted by molar-refractivity contribution is 6.08. The van der Waals surface area contributed by atoms with Crippen molar-refractivity contribution in [2.45, 2.75) is 32.4 Å². The summed E-state index contributed by atoms with van der Waals surface area (Å²) in [5, 5.41) is 9.65. The van der Waals surface area contributed by atoms with Gasteiger partial charge in [-0.3, -0.25) is 4.98 Å². The van der Waals surface area contributed by atoms with Gasteiger partial charge in [-0.05, 0) is 51.0 Å². The van der Waals surface area contributed by atoms with Gasteiger partial charge < -0.3 is 25.8 Å². The van der Waals surface area contributed by atoms with Gasteiger partial charge in [0.05, 0.1) is 11.2 Å². The van der Waals surface area contributed by atoms with E-state index in [-0.39, 0.29) is 0 Å². The SMILES string of the molecule is NCCCCNCc1nccc2c3ccccc3n(CCCN3CCNCC3)c12. The quantitative estimate of drug-likeness (QED) is 0.460. The predicted molar refractivity (Wildman–Crippen MR) is 121 cm³/mol. The summed E-state index contributed by atoms with van der Waals surface area (Å²) in [7, 11) is 0. The molecule has 1 aromatic carbocycles. The van der Waals surface area contributed by atoms with Gasteiger partial charge in [0.25, 0.3) is 0 Å². The number of hydrogen-bond acceptors (Lipinski definition) is 5. The molecule has 1 aliphatic rings. The first-order valence-electron chi connectivity index (χ1n) is 11.1. The van der Waals surface area contributed by atoms with Gasteiger partial charge in [0.2, 0.25) is 0 Å². The largest absolute Gasteiger partial charge is 0.339 e. The van der Waals surface area contributed by atoms with Crippen LogP contribution >= 0.6 is 0 Å². The fourth-order valence-corrected chi connectivity index (χ4v) is 4.42. The van der Waals surface area contributed by atoms with E-state index in [2.05, 4.69) is 50.4 Å². The summed E-state index contributed by atoms with van der Waals surface area (Å²) in [6.07, 6.45) is 5.29. The number of nitrogens with zero attached hydrogens (tertiary/aromatic N) is 3. The summed E-state index contributed by atoms with van der Waals surface area (Å²) >= 11 is 0. The fourth-order valence-electron chi connectivity index (χ4n) is 4.42. The first-order chi connectivity index (χ1) is 14.4. The maximum atomic E-state index is 5.61. The van der Waals surface area contributed by atoms with Crippen LogP contribution in [0.25, 0.3) is 21.8 Å². The van der Waals surface area contributed by atoms with Crippen molar-refractivity contribution in [3.63, 3.8) is 0 Å². The molecule has 0 saturated carbocycles. The highest BCUT2D eigenvalue weighted by Gasteiger charge is 2.15. The average molecular weight is 395 g/mol. The zero-order chi connectivity index (χ0) is 19.9. The van der Waals surface area contributed by atoms with Gasteiger partial charge in [-0.1, -0.05) is 18.2 Å². The number of piperazine rings is 1. The Labute approximate surface area is 173 Å². The minimum atomic E-state index is 0.761. The Balaban J connectivity index is 1.56. The molecule has 2 aromatic heterocycles. The van der Waals surface area contributed by atoms with Gasteiger partial charge in [-0.15, -0.1) is 0 Å². The maximum absolute atomic E-state index is 5.61. The van der Waals surface area contributed by atoms with E-state index >= 15 is 0 Å². The third-order valence-corrected chi connectivity index (χ3v) is 5.92. The molecule has 29 heavy (non-hydrogen) atoms. The molecular weight excluding hydrogens is 360 g/mol. The fraction of sp³-hybridized carbons (Fsp3) is 0.522. The molecule has 0 aliphatic carbocycles. The van der Waals surface area contributed by atoms with Crippen LogP contribution in [-0.4, -0.2) is 60.3 Å². The van der Waals surface area contributed by atoms with E-state index in [0.29, 0.717) is 0 Å². The van der Waals surface area contributed by atoms with Crippen LogP contribution in [-0.2, 0) is 13.1 Å². The Kier molecular flexibility index (Phi) is 7.11. The Bertz CT molecular complexity index is 912. The number of nitrogens with two attached hydrogens (primary N) is 1. The van der Waals surface area contributed by atoms with E-state index < -0.39 is 0 Å². The lowest BCUT2D eigenvalue weighted by molar-refractivity contribution is 0.235. The van der Waals surface area contributed by atoms with Crippen LogP contribution in [0.2, 0.25) is 0 Å². The normalized spacial score (nSPS) is 15.5. The zero-order valence-corrected chi connectivity index (χ0v) is 17.4. The molecule has 3 aromatic rings. The van der Waals surface area contributed by atoms with Crippen LogP contribution in [0, 0.1) is 0 Å². The van der Waals surface area contributed by atoms with E-state index in [9.17, 15) is 0 Å². The molecule has 156 valence electrons. The maximum Gasteiger partial charge on any atom is 0.0784 e. The van der Waals surface area contributed by atoms with Crippen LogP contribution in [0.4, 0.5) is 0 Å². The number of pyridine rings is 1. The van der Waals surface area contributed by atoms with Crippen LogP contribution < -0.4 is 16.4 Å². The van der Waals surface area contributed by atoms with Crippen molar-refractivity contribution in [2.24, 2.45) is 5.73 Å². The number of para-hydroxylation sites is 1. The standard InChI is InChI=1S/C23H34N6/c24-9-3-4-10-26-18-21-23-20(8-11-27-21)19-6-1-2-7-22(19)29(23)15-5-14-28-16-12-25-13-17-28/h1-2,6-8,11,25-26H,3-5,9-10,12-18,24H2. The summed E-state index contributed by atoms with van der Waals surface area (Å²) in [6, 6.07) is 10.9. The summed E-state index contributed by atoms with van der Waals surface area (Å²) in [6.45, 7) is 9.27. The van der Waals surface area contributed by atoms with Crippen LogP contribution in [0.15, 0.2) is 36.5 Å². The molecule has 3 heterocycles. The van der Waals surface area contributed by atoms with Crippen LogP contribution in [0.5, 0.6) is 0 Å². The smallest absolute Gasteiger partial charge is 0.0784 e. The first-order valence-corrected chi connectivity index (χ1v) is 11.1. The third-order valence-electron chi connectivity index (χ3n) is 5.92. The van der Waals surface area contributed by atoms with Crippen molar-refractivity contribution < 1.29 is 0 Å². The van der Waals surface area contributed by atoms with Crippen molar-refractivity contribution in [3.05, 3.63) is 42.2 Å². The number of fused-ring (bicyclic) bond motifs is 3. The Morgan fingerprint density at radius 2 is 1.86 bits per heavy atom. The molecular formula is C23H34N6. The molecule has 0 atom stereocenters. The lowest BCUT2D eigenvalue weighted by atomic mass is 10.1. The second-order valence-corrected chi connectivity index (χ2v) is 7.94. The highest BCUT2D eigenvalue weighted by Crippen LogP contribution is 2.30. The van der Waals surface area contributed by atoms with Gasteiger partial charge in [-0.25, -0.2) is 0 Å². The Hall–Kier alpha value is -1.99. The molecule has 4 N–H and O–H groups in total. The Morgan fingerprint density at radius 3 is 2.72 bits per heavy atom. The second-order valence-electron chi connectivity index (χ2n) is 7.94. The molecule has 1 saturated heterocycles. The monoisotopic (exact) mass is 394 g/mol. The van der Waals surface area contributed by atoms with E-state index in [4.69, 9.17) is 10.7 Å². The lowest BCUT2D eigenvalue weighted by Crippen LogP contribution is -2.43. The molecule has 0 spiro atoms. The predicted octanol–water partition coefficient (Wildman–Crippen LogP) is 2.31. The van der Waals surface area contributed by atoms with Gasteiger partial charge in [0.15, 0.2) is 0 Å². The molecule has 1 aliphatic heterocycles. The van der Waals surface area contributed by atoms with E-state index in [0.717, 1.165) is 83.9 Å². The van der Waals surface area contributed by atoms with Gasteiger partial charge in [-0.2, -0.15) is 0 Å². The number of benzene rings is 1. The van der Waals surface area contributed by atoms with Crippen molar-refractivity contribution >= 4 is 21.8 Å². The summed E-state index contributed by atoms with van der Waals surface area (Å²) in [5.74, 6) is 0. The molecule has 0 radical (unpaired) electrons. The number of aromatic nitrogens is 2. The number of unbranched alkanes of at least 4 members (excludes halogenated alkanes) is 1. The second kappa shape index (κ2) is 10.2. The summed E-state index contributed by atoms with van der Waals surface area (Å²) < 4.78 is 2.50. The number of hydrogen-bond donors (Lipinski definition) is 3. The number of rotatable bonds is 10. The van der Waals surface area contributed by atoms with Crippen LogP contribution in [0.3, 0.4) is 0 Å². The molecule has 0 amide bonds. The van der Waals surface area contributed by atoms with Crippen LogP contribution in [0.1, 0.15) is 25.0 Å². The molecule has 6 nitrogen and oxygen atoms in total. The van der Waals surface area contributed by atoms with Crippen molar-refractivity contribution in [1.82, 2.24) is 25.1 Å². The lowest BCUT2D eigenvalue weighted by Gasteiger charge is -2.27. The van der Waals surface area contributed by atoms with Crippen molar-refractivity contribution in [1.29, 1.82) is 0 Å². The molecule has 1 fully saturated rings. The number of aryl methyl sites for hydroxylation is 1. The Morgan fingerprint density at radius 1 is 1.00 bits per heavy atom. The van der Waals surface area contributed by atoms with E-state index in [1.54, 1.807) is 0 Å². The van der Waals surface area contributed by atoms with Crippen molar-refractivity contribution in [2.75, 3.05) is 45.8 Å². The number of nitrogens with one attached hydrogen (secondary N) is 2. The molecule has 0 unspecified atom stereocenters. The summed E-state index contributed by atoms with van der Waals surface area (Å²) in [4.78, 5) is 7.32. The van der Waals surface area contributed by atoms with Gasteiger partial charge >= 0.3 is 0 Å². The van der Waals surface area contributed by atoms with E-state index in [1.165, 1.54) is 21.8 Å². The minimum absolute atomic E-state index is 0.761. The highest BCUT2D eigenvalue weighted by atomic mass is 15.2. The van der Waals surface area contributed by atoms with Crippen molar-refractivity contribution in [3.8, 4) is 0 Å². The molecule has 6 heteroatoms. The topological polar surface area (TPSA) is 71.1 Å². The molecule has 4 rings (SSSR count). The van der Waals surface area contributed by atoms with E-state index in [1.807, 2.05) is 6.20 Å². The van der Waals surface area contributed by atoms with Gasteiger partial charge in [0.1, 0.15) is 0 Å². The molecule has 0 bridgehead atoms. The third kappa shape index (κ3) is 4.78.